The Morgan fingerprint density at radius 1 is 1.00 bits per heavy atom. The topological polar surface area (TPSA) is 105 Å². The summed E-state index contributed by atoms with van der Waals surface area (Å²) in [6.07, 6.45) is 3.47. The predicted molar refractivity (Wildman–Crippen MR) is 144 cm³/mol. The number of nitrogens with one attached hydrogen (secondary N) is 2. The van der Waals surface area contributed by atoms with Crippen molar-refractivity contribution in [3.63, 3.8) is 0 Å². The van der Waals surface area contributed by atoms with E-state index in [-0.39, 0.29) is 10.8 Å². The maximum Gasteiger partial charge on any atom is 0.255 e. The van der Waals surface area contributed by atoms with Crippen LogP contribution in [0.5, 0.6) is 5.75 Å². The van der Waals surface area contributed by atoms with Crippen molar-refractivity contribution in [2.75, 3.05) is 11.9 Å². The minimum atomic E-state index is -3.85. The number of benzene rings is 3. The first kappa shape index (κ1) is 26.9. The molecular weight excluding hydrogens is 488 g/mol. The van der Waals surface area contributed by atoms with Gasteiger partial charge in [-0.3, -0.25) is 4.79 Å². The highest BCUT2D eigenvalue weighted by atomic mass is 32.2. The van der Waals surface area contributed by atoms with Gasteiger partial charge in [0.05, 0.1) is 23.6 Å². The Labute approximate surface area is 218 Å². The third-order valence-electron chi connectivity index (χ3n) is 6.61. The van der Waals surface area contributed by atoms with Crippen LogP contribution in [0.3, 0.4) is 0 Å². The fraction of sp³-hybridized carbons (Fsp3) is 0.345. The molecule has 0 fully saturated rings. The van der Waals surface area contributed by atoms with Crippen molar-refractivity contribution in [3.8, 4) is 5.75 Å². The third kappa shape index (κ3) is 6.57. The number of sulfonamides is 1. The molecule has 7 nitrogen and oxygen atoms in total. The lowest BCUT2D eigenvalue weighted by Crippen LogP contribution is -2.34. The van der Waals surface area contributed by atoms with Crippen LogP contribution in [-0.2, 0) is 22.9 Å². The largest absolute Gasteiger partial charge is 0.494 e. The number of ether oxygens (including phenoxy) is 1. The average molecular weight is 523 g/mol. The van der Waals surface area contributed by atoms with E-state index < -0.39 is 22.2 Å². The summed E-state index contributed by atoms with van der Waals surface area (Å²) in [4.78, 5) is 13.0. The van der Waals surface area contributed by atoms with Crippen LogP contribution >= 0.6 is 0 Å². The highest BCUT2D eigenvalue weighted by molar-refractivity contribution is 7.89. The van der Waals surface area contributed by atoms with Crippen LogP contribution in [0.25, 0.3) is 0 Å². The van der Waals surface area contributed by atoms with Crippen LogP contribution in [0.1, 0.15) is 66.2 Å². The van der Waals surface area contributed by atoms with Crippen LogP contribution in [0.2, 0.25) is 0 Å². The second kappa shape index (κ2) is 11.9. The molecule has 37 heavy (non-hydrogen) atoms. The molecule has 2 atom stereocenters. The predicted octanol–water partition coefficient (Wildman–Crippen LogP) is 5.01. The van der Waals surface area contributed by atoms with Crippen molar-refractivity contribution >= 4 is 21.6 Å². The van der Waals surface area contributed by atoms with Gasteiger partial charge in [0.15, 0.2) is 0 Å². The van der Waals surface area contributed by atoms with Crippen molar-refractivity contribution in [2.45, 2.75) is 63.0 Å². The molecule has 2 unspecified atom stereocenters. The van der Waals surface area contributed by atoms with E-state index in [1.54, 1.807) is 60.7 Å². The summed E-state index contributed by atoms with van der Waals surface area (Å²) in [5.74, 6) is 0.433. The minimum Gasteiger partial charge on any atom is -0.494 e. The van der Waals surface area contributed by atoms with Gasteiger partial charge in [0.2, 0.25) is 10.0 Å². The maximum absolute atomic E-state index is 13.0. The molecule has 0 heterocycles. The van der Waals surface area contributed by atoms with Crippen LogP contribution in [-0.4, -0.2) is 32.1 Å². The van der Waals surface area contributed by atoms with Gasteiger partial charge in [0.1, 0.15) is 5.75 Å². The quantitative estimate of drug-likeness (QED) is 0.307. The number of aliphatic hydroxyl groups excluding tert-OH is 1. The zero-order valence-corrected chi connectivity index (χ0v) is 22.1. The van der Waals surface area contributed by atoms with E-state index in [0.29, 0.717) is 29.8 Å². The highest BCUT2D eigenvalue weighted by Crippen LogP contribution is 2.35. The zero-order valence-electron chi connectivity index (χ0n) is 21.2. The molecule has 0 aliphatic heterocycles. The summed E-state index contributed by atoms with van der Waals surface area (Å²) in [7, 11) is -3.85. The van der Waals surface area contributed by atoms with Gasteiger partial charge in [0, 0.05) is 17.7 Å². The molecule has 1 aliphatic rings. The molecule has 8 heteroatoms. The Morgan fingerprint density at radius 2 is 1.73 bits per heavy atom. The molecule has 0 spiro atoms. The van der Waals surface area contributed by atoms with Crippen molar-refractivity contribution in [1.29, 1.82) is 0 Å². The average Bonchev–Trinajstić information content (AvgIpc) is 3.20. The molecule has 196 valence electrons. The van der Waals surface area contributed by atoms with E-state index in [1.165, 1.54) is 0 Å². The molecule has 4 rings (SSSR count). The van der Waals surface area contributed by atoms with E-state index in [9.17, 15) is 18.3 Å². The van der Waals surface area contributed by atoms with E-state index in [1.807, 2.05) is 13.0 Å². The van der Waals surface area contributed by atoms with Crippen molar-refractivity contribution in [3.05, 3.63) is 89.0 Å². The van der Waals surface area contributed by atoms with Gasteiger partial charge in [-0.25, -0.2) is 13.1 Å². The Hall–Kier alpha value is -3.20. The number of amides is 1. The molecule has 3 aromatic carbocycles. The van der Waals surface area contributed by atoms with Crippen LogP contribution in [0, 0.1) is 0 Å². The summed E-state index contributed by atoms with van der Waals surface area (Å²) in [6, 6.07) is 18.2. The number of aryl methyl sites for hydroxylation is 1. The van der Waals surface area contributed by atoms with Crippen LogP contribution < -0.4 is 14.8 Å². The van der Waals surface area contributed by atoms with Gasteiger partial charge >= 0.3 is 0 Å². The lowest BCUT2D eigenvalue weighted by molar-refractivity contribution is 0.102. The molecule has 3 aromatic rings. The molecule has 0 saturated heterocycles. The molecular formula is C29H34N2O5S. The summed E-state index contributed by atoms with van der Waals surface area (Å²) < 4.78 is 34.4. The summed E-state index contributed by atoms with van der Waals surface area (Å²) in [5, 5.41) is 13.5. The number of hydrogen-bond acceptors (Lipinski definition) is 5. The Bertz CT molecular complexity index is 1320. The van der Waals surface area contributed by atoms with Gasteiger partial charge in [-0.15, -0.1) is 0 Å². The van der Waals surface area contributed by atoms with E-state index in [0.717, 1.165) is 42.6 Å². The first-order valence-electron chi connectivity index (χ1n) is 12.8. The van der Waals surface area contributed by atoms with Crippen LogP contribution in [0.15, 0.2) is 71.6 Å². The normalized spacial score (nSPS) is 16.8. The van der Waals surface area contributed by atoms with Crippen molar-refractivity contribution in [2.24, 2.45) is 0 Å². The zero-order chi connectivity index (χ0) is 26.4. The first-order valence-corrected chi connectivity index (χ1v) is 14.3. The third-order valence-corrected chi connectivity index (χ3v) is 8.07. The SMILES string of the molecule is CCCCCOc1ccc(C(=O)Nc2ccc3c(c2)C(NS(=O)(=O)c2ccc(CC)cc2)C(O)C3)cc1. The highest BCUT2D eigenvalue weighted by Gasteiger charge is 2.35. The molecule has 0 aromatic heterocycles. The number of aliphatic hydroxyl groups is 1. The van der Waals surface area contributed by atoms with Gasteiger partial charge < -0.3 is 15.2 Å². The van der Waals surface area contributed by atoms with E-state index in [2.05, 4.69) is 17.0 Å². The standard InChI is InChI=1S/C29H34N2O5S/c1-3-5-6-17-36-24-13-10-21(11-14-24)29(33)30-23-12-9-22-18-27(32)28(26(22)19-23)31-37(34,35)25-15-7-20(4-2)8-16-25/h7-16,19,27-28,31-32H,3-6,17-18H2,1-2H3,(H,30,33). The number of carbonyl (C=O) groups is 1. The molecule has 3 N–H and O–H groups in total. The van der Waals surface area contributed by atoms with Crippen molar-refractivity contribution < 1.29 is 23.1 Å². The number of carbonyl (C=O) groups excluding carboxylic acids is 1. The molecule has 0 radical (unpaired) electrons. The van der Waals surface area contributed by atoms with Crippen LogP contribution in [0.4, 0.5) is 5.69 Å². The number of rotatable bonds is 11. The summed E-state index contributed by atoms with van der Waals surface area (Å²) in [5.41, 5.74) is 3.53. The lowest BCUT2D eigenvalue weighted by atomic mass is 10.1. The molecule has 0 saturated carbocycles. The van der Waals surface area contributed by atoms with E-state index >= 15 is 0 Å². The second-order valence-electron chi connectivity index (χ2n) is 9.32. The number of anilines is 1. The second-order valence-corrected chi connectivity index (χ2v) is 11.0. The Kier molecular flexibility index (Phi) is 8.63. The fourth-order valence-electron chi connectivity index (χ4n) is 4.43. The summed E-state index contributed by atoms with van der Waals surface area (Å²) >= 11 is 0. The van der Waals surface area contributed by atoms with Gasteiger partial charge in [-0.1, -0.05) is 44.9 Å². The maximum atomic E-state index is 13.0. The first-order chi connectivity index (χ1) is 17.8. The smallest absolute Gasteiger partial charge is 0.255 e. The molecule has 1 aliphatic carbocycles. The number of unbranched alkanes of at least 4 members (excludes halogenated alkanes) is 2. The van der Waals surface area contributed by atoms with Gasteiger partial charge in [-0.2, -0.15) is 0 Å². The Morgan fingerprint density at radius 3 is 2.41 bits per heavy atom. The number of fused-ring (bicyclic) bond motifs is 1. The summed E-state index contributed by atoms with van der Waals surface area (Å²) in [6.45, 7) is 4.79. The van der Waals surface area contributed by atoms with Gasteiger partial charge in [-0.05, 0) is 78.1 Å². The monoisotopic (exact) mass is 522 g/mol. The minimum absolute atomic E-state index is 0.146. The lowest BCUT2D eigenvalue weighted by Gasteiger charge is -2.19. The van der Waals surface area contributed by atoms with Crippen molar-refractivity contribution in [1.82, 2.24) is 4.72 Å². The van der Waals surface area contributed by atoms with E-state index in [4.69, 9.17) is 4.74 Å². The van der Waals surface area contributed by atoms with Gasteiger partial charge in [0.25, 0.3) is 5.91 Å². The number of hydrogen-bond donors (Lipinski definition) is 3. The molecule has 0 bridgehead atoms. The fourth-order valence-corrected chi connectivity index (χ4v) is 5.68. The molecule has 1 amide bonds. The Balaban J connectivity index is 1.45.